The topological polar surface area (TPSA) is 40.5 Å². The van der Waals surface area contributed by atoms with Crippen LogP contribution < -0.4 is 0 Å². The van der Waals surface area contributed by atoms with E-state index in [1.807, 2.05) is 6.07 Å². The molecule has 1 unspecified atom stereocenters. The van der Waals surface area contributed by atoms with Gasteiger partial charge in [-0.25, -0.2) is 0 Å². The number of carbonyl (C=O) groups excluding carboxylic acids is 1. The fourth-order valence-electron chi connectivity index (χ4n) is 2.15. The van der Waals surface area contributed by atoms with Gasteiger partial charge in [0.2, 0.25) is 5.91 Å². The zero-order chi connectivity index (χ0) is 14.7. The lowest BCUT2D eigenvalue weighted by Crippen LogP contribution is -2.35. The van der Waals surface area contributed by atoms with Gasteiger partial charge in [-0.1, -0.05) is 29.3 Å². The average molecular weight is 316 g/mol. The lowest BCUT2D eigenvalue weighted by molar-refractivity contribution is -0.131. The van der Waals surface area contributed by atoms with E-state index in [0.717, 1.165) is 18.4 Å². The minimum Gasteiger partial charge on any atom is -0.391 e. The predicted molar refractivity (Wildman–Crippen MR) is 81.2 cm³/mol. The third-order valence-corrected chi connectivity index (χ3v) is 4.40. The molecule has 1 aromatic carbocycles. The molecule has 1 fully saturated rings. The van der Waals surface area contributed by atoms with E-state index in [0.29, 0.717) is 35.3 Å². The second-order valence-electron chi connectivity index (χ2n) is 5.43. The summed E-state index contributed by atoms with van der Waals surface area (Å²) in [5.74, 6) is 0.427. The number of amides is 1. The van der Waals surface area contributed by atoms with Gasteiger partial charge in [-0.3, -0.25) is 4.79 Å². The Labute approximate surface area is 129 Å². The summed E-state index contributed by atoms with van der Waals surface area (Å²) in [7, 11) is 1.74. The largest absolute Gasteiger partial charge is 0.391 e. The predicted octanol–water partition coefficient (Wildman–Crippen LogP) is 3.16. The minimum atomic E-state index is -0.381. The number of nitrogens with zero attached hydrogens (tertiary/aromatic N) is 1. The van der Waals surface area contributed by atoms with Crippen molar-refractivity contribution in [2.24, 2.45) is 5.92 Å². The number of halogens is 2. The first-order valence-corrected chi connectivity index (χ1v) is 7.59. The van der Waals surface area contributed by atoms with Crippen LogP contribution in [-0.2, 0) is 11.2 Å². The third kappa shape index (κ3) is 4.37. The van der Waals surface area contributed by atoms with Crippen molar-refractivity contribution < 1.29 is 9.90 Å². The maximum atomic E-state index is 12.0. The average Bonchev–Trinajstić information content (AvgIpc) is 3.24. The van der Waals surface area contributed by atoms with Gasteiger partial charge in [0.15, 0.2) is 0 Å². The first-order chi connectivity index (χ1) is 9.47. The maximum Gasteiger partial charge on any atom is 0.222 e. The van der Waals surface area contributed by atoms with Crippen LogP contribution in [0.2, 0.25) is 10.0 Å². The van der Waals surface area contributed by atoms with Crippen molar-refractivity contribution in [3.8, 4) is 0 Å². The van der Waals surface area contributed by atoms with E-state index in [-0.39, 0.29) is 12.0 Å². The lowest BCUT2D eigenvalue weighted by atomic mass is 10.1. The van der Waals surface area contributed by atoms with Gasteiger partial charge in [0.05, 0.1) is 16.1 Å². The summed E-state index contributed by atoms with van der Waals surface area (Å²) in [6, 6.07) is 5.40. The highest BCUT2D eigenvalue weighted by atomic mass is 35.5. The summed E-state index contributed by atoms with van der Waals surface area (Å²) in [4.78, 5) is 13.6. The molecule has 1 atom stereocenters. The Balaban J connectivity index is 1.79. The molecule has 0 spiro atoms. The first kappa shape index (κ1) is 15.6. The molecule has 3 nitrogen and oxygen atoms in total. The van der Waals surface area contributed by atoms with E-state index < -0.39 is 0 Å². The molecule has 0 bridgehead atoms. The molecule has 1 aliphatic carbocycles. The zero-order valence-corrected chi connectivity index (χ0v) is 13.0. The summed E-state index contributed by atoms with van der Waals surface area (Å²) in [5.41, 5.74) is 0.990. The second kappa shape index (κ2) is 6.79. The standard InChI is InChI=1S/C15H19Cl2NO2/c1-18(9-14(19)11-4-5-11)15(20)7-3-10-2-6-12(16)13(17)8-10/h2,6,8,11,14,19H,3-5,7,9H2,1H3. The van der Waals surface area contributed by atoms with E-state index in [1.165, 1.54) is 0 Å². The Morgan fingerprint density at radius 1 is 1.40 bits per heavy atom. The highest BCUT2D eigenvalue weighted by Gasteiger charge is 2.30. The number of hydrogen-bond acceptors (Lipinski definition) is 2. The highest BCUT2D eigenvalue weighted by Crippen LogP contribution is 2.32. The Morgan fingerprint density at radius 2 is 2.10 bits per heavy atom. The molecule has 0 aliphatic heterocycles. The van der Waals surface area contributed by atoms with Crippen LogP contribution in [0.4, 0.5) is 0 Å². The zero-order valence-electron chi connectivity index (χ0n) is 11.5. The van der Waals surface area contributed by atoms with Gasteiger partial charge in [-0.2, -0.15) is 0 Å². The SMILES string of the molecule is CN(CC(O)C1CC1)C(=O)CCc1ccc(Cl)c(Cl)c1. The molecule has 1 aliphatic rings. The van der Waals surface area contributed by atoms with Crippen molar-refractivity contribution in [2.75, 3.05) is 13.6 Å². The van der Waals surface area contributed by atoms with Gasteiger partial charge < -0.3 is 10.0 Å². The summed E-state index contributed by atoms with van der Waals surface area (Å²) >= 11 is 11.8. The van der Waals surface area contributed by atoms with Crippen molar-refractivity contribution in [3.63, 3.8) is 0 Å². The Bertz CT molecular complexity index is 489. The minimum absolute atomic E-state index is 0.0378. The second-order valence-corrected chi connectivity index (χ2v) is 6.24. The van der Waals surface area contributed by atoms with E-state index in [2.05, 4.69) is 0 Å². The van der Waals surface area contributed by atoms with E-state index in [9.17, 15) is 9.90 Å². The molecule has 1 aromatic rings. The molecular weight excluding hydrogens is 297 g/mol. The number of benzene rings is 1. The fourth-order valence-corrected chi connectivity index (χ4v) is 2.47. The van der Waals surface area contributed by atoms with Crippen LogP contribution in [0.25, 0.3) is 0 Å². The smallest absolute Gasteiger partial charge is 0.222 e. The molecule has 0 aromatic heterocycles. The Hall–Kier alpha value is -0.770. The molecule has 0 heterocycles. The number of likely N-dealkylation sites (N-methyl/N-ethyl adjacent to an activating group) is 1. The van der Waals surface area contributed by atoms with E-state index in [4.69, 9.17) is 23.2 Å². The van der Waals surface area contributed by atoms with Crippen molar-refractivity contribution in [2.45, 2.75) is 31.8 Å². The molecule has 1 N–H and O–H groups in total. The molecule has 1 saturated carbocycles. The van der Waals surface area contributed by atoms with Gasteiger partial charge >= 0.3 is 0 Å². The summed E-state index contributed by atoms with van der Waals surface area (Å²) in [5, 5.41) is 10.9. The fraction of sp³-hybridized carbons (Fsp3) is 0.533. The highest BCUT2D eigenvalue weighted by molar-refractivity contribution is 6.42. The monoisotopic (exact) mass is 315 g/mol. The van der Waals surface area contributed by atoms with Gasteiger partial charge in [0.1, 0.15) is 0 Å². The normalized spacial score (nSPS) is 16.0. The van der Waals surface area contributed by atoms with Crippen LogP contribution in [0.5, 0.6) is 0 Å². The Kier molecular flexibility index (Phi) is 5.30. The van der Waals surface area contributed by atoms with Crippen LogP contribution in [0.15, 0.2) is 18.2 Å². The van der Waals surface area contributed by atoms with Crippen LogP contribution in [0.1, 0.15) is 24.8 Å². The number of hydrogen-bond donors (Lipinski definition) is 1. The lowest BCUT2D eigenvalue weighted by Gasteiger charge is -2.20. The summed E-state index contributed by atoms with van der Waals surface area (Å²) in [6.45, 7) is 0.422. The van der Waals surface area contributed by atoms with E-state index >= 15 is 0 Å². The number of aliphatic hydroxyl groups excluding tert-OH is 1. The van der Waals surface area contributed by atoms with Crippen molar-refractivity contribution in [1.82, 2.24) is 4.90 Å². The van der Waals surface area contributed by atoms with Gasteiger partial charge in [0, 0.05) is 20.0 Å². The van der Waals surface area contributed by atoms with Crippen LogP contribution >= 0.6 is 23.2 Å². The third-order valence-electron chi connectivity index (χ3n) is 3.66. The van der Waals surface area contributed by atoms with Gasteiger partial charge in [0.25, 0.3) is 0 Å². The molecular formula is C15H19Cl2NO2. The molecule has 0 radical (unpaired) electrons. The molecule has 0 saturated heterocycles. The van der Waals surface area contributed by atoms with Gasteiger partial charge in [-0.05, 0) is 42.9 Å². The Morgan fingerprint density at radius 3 is 2.70 bits per heavy atom. The number of aliphatic hydroxyl groups is 1. The molecule has 110 valence electrons. The van der Waals surface area contributed by atoms with Crippen LogP contribution in [0, 0.1) is 5.92 Å². The van der Waals surface area contributed by atoms with Gasteiger partial charge in [-0.15, -0.1) is 0 Å². The number of aryl methyl sites for hydroxylation is 1. The summed E-state index contributed by atoms with van der Waals surface area (Å²) < 4.78 is 0. The molecule has 5 heteroatoms. The number of rotatable bonds is 6. The van der Waals surface area contributed by atoms with Crippen molar-refractivity contribution >= 4 is 29.1 Å². The van der Waals surface area contributed by atoms with Crippen LogP contribution in [0.3, 0.4) is 0 Å². The molecule has 20 heavy (non-hydrogen) atoms. The number of carbonyl (C=O) groups is 1. The maximum absolute atomic E-state index is 12.0. The molecule has 2 rings (SSSR count). The molecule has 1 amide bonds. The van der Waals surface area contributed by atoms with Crippen molar-refractivity contribution in [3.05, 3.63) is 33.8 Å². The van der Waals surface area contributed by atoms with E-state index in [1.54, 1.807) is 24.1 Å². The van der Waals surface area contributed by atoms with Crippen LogP contribution in [-0.4, -0.2) is 35.6 Å². The first-order valence-electron chi connectivity index (χ1n) is 6.83. The summed E-state index contributed by atoms with van der Waals surface area (Å²) in [6.07, 6.45) is 2.80. The quantitative estimate of drug-likeness (QED) is 0.876. The van der Waals surface area contributed by atoms with Crippen molar-refractivity contribution in [1.29, 1.82) is 0 Å².